The Labute approximate surface area is 128 Å². The third-order valence-corrected chi connectivity index (χ3v) is 5.20. The van der Waals surface area contributed by atoms with E-state index in [1.54, 1.807) is 17.6 Å². The molecule has 21 heavy (non-hydrogen) atoms. The zero-order valence-corrected chi connectivity index (χ0v) is 12.8. The Kier molecular flexibility index (Phi) is 4.12. The molecule has 1 aliphatic heterocycles. The highest BCUT2D eigenvalue weighted by Crippen LogP contribution is 2.37. The number of thiophene rings is 1. The van der Waals surface area contributed by atoms with Gasteiger partial charge in [0.1, 0.15) is 11.8 Å². The van der Waals surface area contributed by atoms with Crippen molar-refractivity contribution in [3.63, 3.8) is 0 Å². The first kappa shape index (κ1) is 14.4. The number of likely N-dealkylation sites (tertiary alicyclic amines) is 1. The smallest absolute Gasteiger partial charge is 0.307 e. The van der Waals surface area contributed by atoms with Gasteiger partial charge in [0, 0.05) is 11.4 Å². The van der Waals surface area contributed by atoms with Crippen molar-refractivity contribution in [1.82, 2.24) is 4.90 Å². The van der Waals surface area contributed by atoms with Crippen LogP contribution in [0.5, 0.6) is 0 Å². The minimum atomic E-state index is -0.694. The van der Waals surface area contributed by atoms with Gasteiger partial charge in [-0.3, -0.25) is 9.69 Å². The molecule has 2 atom stereocenters. The Hall–Kier alpha value is -1.59. The number of nitrogens with zero attached hydrogens (tertiary/aromatic N) is 1. The second kappa shape index (κ2) is 6.03. The third kappa shape index (κ3) is 2.89. The molecule has 0 bridgehead atoms. The molecule has 2 unspecified atom stereocenters. The van der Waals surface area contributed by atoms with Gasteiger partial charge in [-0.1, -0.05) is 0 Å². The number of aliphatic carboxylic acids is 1. The van der Waals surface area contributed by atoms with E-state index in [2.05, 4.69) is 23.3 Å². The molecule has 1 saturated heterocycles. The number of carboxylic acid groups (broad SMARTS) is 1. The summed E-state index contributed by atoms with van der Waals surface area (Å²) in [4.78, 5) is 14.8. The molecular formula is C16H19NO3S. The van der Waals surface area contributed by atoms with Gasteiger partial charge in [-0.25, -0.2) is 0 Å². The lowest BCUT2D eigenvalue weighted by Gasteiger charge is -2.36. The van der Waals surface area contributed by atoms with E-state index < -0.39 is 5.97 Å². The largest absolute Gasteiger partial charge is 0.481 e. The maximum absolute atomic E-state index is 11.3. The van der Waals surface area contributed by atoms with Crippen LogP contribution in [0, 0.1) is 12.8 Å². The van der Waals surface area contributed by atoms with Gasteiger partial charge in [-0.15, -0.1) is 11.3 Å². The van der Waals surface area contributed by atoms with Crippen molar-refractivity contribution in [3.8, 4) is 0 Å². The standard InChI is InChI=1S/C16H19NO3S/c1-11-6-9-21-15(11)14(13-5-3-8-20-13)17-7-2-4-12(10-17)16(18)19/h3,5-6,8-9,12,14H,2,4,7,10H2,1H3,(H,18,19). The summed E-state index contributed by atoms with van der Waals surface area (Å²) in [6.45, 7) is 3.59. The van der Waals surface area contributed by atoms with Gasteiger partial charge in [-0.2, -0.15) is 0 Å². The molecule has 0 spiro atoms. The first-order valence-corrected chi connectivity index (χ1v) is 8.09. The van der Waals surface area contributed by atoms with E-state index in [4.69, 9.17) is 4.42 Å². The van der Waals surface area contributed by atoms with Gasteiger partial charge >= 0.3 is 5.97 Å². The van der Waals surface area contributed by atoms with E-state index >= 15 is 0 Å². The van der Waals surface area contributed by atoms with Gasteiger partial charge in [0.15, 0.2) is 0 Å². The fourth-order valence-electron chi connectivity index (χ4n) is 3.03. The van der Waals surface area contributed by atoms with E-state index in [1.807, 2.05) is 12.1 Å². The van der Waals surface area contributed by atoms with E-state index in [-0.39, 0.29) is 12.0 Å². The molecule has 3 heterocycles. The number of hydrogen-bond acceptors (Lipinski definition) is 4. The summed E-state index contributed by atoms with van der Waals surface area (Å²) >= 11 is 1.71. The lowest BCUT2D eigenvalue weighted by molar-refractivity contribution is -0.143. The molecule has 0 saturated carbocycles. The number of carbonyl (C=O) groups is 1. The minimum absolute atomic E-state index is 0.0298. The van der Waals surface area contributed by atoms with Crippen molar-refractivity contribution in [2.75, 3.05) is 13.1 Å². The summed E-state index contributed by atoms with van der Waals surface area (Å²) in [6, 6.07) is 6.01. The van der Waals surface area contributed by atoms with E-state index in [1.165, 1.54) is 10.4 Å². The van der Waals surface area contributed by atoms with Gasteiger partial charge < -0.3 is 9.52 Å². The fourth-order valence-corrected chi connectivity index (χ4v) is 4.10. The van der Waals surface area contributed by atoms with Crippen molar-refractivity contribution >= 4 is 17.3 Å². The highest BCUT2D eigenvalue weighted by molar-refractivity contribution is 7.10. The molecular weight excluding hydrogens is 286 g/mol. The first-order valence-electron chi connectivity index (χ1n) is 7.21. The number of furan rings is 1. The van der Waals surface area contributed by atoms with Crippen LogP contribution in [0.15, 0.2) is 34.3 Å². The lowest BCUT2D eigenvalue weighted by Crippen LogP contribution is -2.41. The maximum atomic E-state index is 11.3. The fraction of sp³-hybridized carbons (Fsp3) is 0.438. The van der Waals surface area contributed by atoms with Crippen LogP contribution in [0.4, 0.5) is 0 Å². The predicted octanol–water partition coefficient (Wildman–Crippen LogP) is 3.54. The van der Waals surface area contributed by atoms with E-state index in [0.717, 1.165) is 25.1 Å². The Bertz CT molecular complexity index is 605. The topological polar surface area (TPSA) is 53.7 Å². The molecule has 3 rings (SSSR count). The van der Waals surface area contributed by atoms with Crippen molar-refractivity contribution in [3.05, 3.63) is 46.0 Å². The zero-order valence-electron chi connectivity index (χ0n) is 12.0. The van der Waals surface area contributed by atoms with Crippen molar-refractivity contribution in [2.24, 2.45) is 5.92 Å². The van der Waals surface area contributed by atoms with Crippen molar-refractivity contribution < 1.29 is 14.3 Å². The minimum Gasteiger partial charge on any atom is -0.481 e. The normalized spacial score (nSPS) is 21.3. The summed E-state index contributed by atoms with van der Waals surface area (Å²) < 4.78 is 5.64. The zero-order chi connectivity index (χ0) is 14.8. The summed E-state index contributed by atoms with van der Waals surface area (Å²) in [5.41, 5.74) is 1.24. The Morgan fingerprint density at radius 3 is 3.00 bits per heavy atom. The van der Waals surface area contributed by atoms with E-state index in [9.17, 15) is 9.90 Å². The summed E-state index contributed by atoms with van der Waals surface area (Å²) in [5, 5.41) is 11.4. The molecule has 4 nitrogen and oxygen atoms in total. The number of piperidine rings is 1. The van der Waals surface area contributed by atoms with E-state index in [0.29, 0.717) is 6.54 Å². The molecule has 0 aliphatic carbocycles. The van der Waals surface area contributed by atoms with Gasteiger partial charge in [-0.05, 0) is 55.5 Å². The molecule has 112 valence electrons. The Balaban J connectivity index is 1.93. The van der Waals surface area contributed by atoms with Crippen LogP contribution >= 0.6 is 11.3 Å². The molecule has 0 radical (unpaired) electrons. The number of hydrogen-bond donors (Lipinski definition) is 1. The highest BCUT2D eigenvalue weighted by Gasteiger charge is 2.33. The summed E-state index contributed by atoms with van der Waals surface area (Å²) in [7, 11) is 0. The van der Waals surface area contributed by atoms with Crippen LogP contribution in [-0.4, -0.2) is 29.1 Å². The maximum Gasteiger partial charge on any atom is 0.307 e. The van der Waals surface area contributed by atoms with Crippen LogP contribution in [0.25, 0.3) is 0 Å². The molecule has 0 amide bonds. The first-order chi connectivity index (χ1) is 10.2. The summed E-state index contributed by atoms with van der Waals surface area (Å²) in [6.07, 6.45) is 3.36. The molecule has 2 aromatic heterocycles. The van der Waals surface area contributed by atoms with Crippen LogP contribution in [0.2, 0.25) is 0 Å². The molecule has 1 fully saturated rings. The monoisotopic (exact) mass is 305 g/mol. The average Bonchev–Trinajstić information content (AvgIpc) is 3.13. The quantitative estimate of drug-likeness (QED) is 0.939. The molecule has 5 heteroatoms. The molecule has 1 aliphatic rings. The van der Waals surface area contributed by atoms with Crippen LogP contribution in [0.1, 0.15) is 35.1 Å². The average molecular weight is 305 g/mol. The third-order valence-electron chi connectivity index (χ3n) is 4.13. The van der Waals surface area contributed by atoms with Crippen molar-refractivity contribution in [2.45, 2.75) is 25.8 Å². The van der Waals surface area contributed by atoms with Gasteiger partial charge in [0.25, 0.3) is 0 Å². The highest BCUT2D eigenvalue weighted by atomic mass is 32.1. The second-order valence-electron chi connectivity index (χ2n) is 5.56. The van der Waals surface area contributed by atoms with Crippen LogP contribution in [0.3, 0.4) is 0 Å². The van der Waals surface area contributed by atoms with Crippen LogP contribution < -0.4 is 0 Å². The lowest BCUT2D eigenvalue weighted by atomic mass is 9.95. The summed E-state index contributed by atoms with van der Waals surface area (Å²) in [5.74, 6) is -0.0798. The van der Waals surface area contributed by atoms with Gasteiger partial charge in [0.2, 0.25) is 0 Å². The second-order valence-corrected chi connectivity index (χ2v) is 6.51. The van der Waals surface area contributed by atoms with Gasteiger partial charge in [0.05, 0.1) is 12.2 Å². The number of rotatable bonds is 4. The number of carboxylic acids is 1. The molecule has 1 N–H and O–H groups in total. The number of aryl methyl sites for hydroxylation is 1. The van der Waals surface area contributed by atoms with Crippen molar-refractivity contribution in [1.29, 1.82) is 0 Å². The molecule has 0 aromatic carbocycles. The molecule has 2 aromatic rings. The SMILES string of the molecule is Cc1ccsc1C(c1ccco1)N1CCCC(C(=O)O)C1. The predicted molar refractivity (Wildman–Crippen MR) is 81.5 cm³/mol. The van der Waals surface area contributed by atoms with Crippen LogP contribution in [-0.2, 0) is 4.79 Å². The Morgan fingerprint density at radius 1 is 1.52 bits per heavy atom. The Morgan fingerprint density at radius 2 is 2.38 bits per heavy atom.